The number of hydrogen-bond acceptors (Lipinski definition) is 5. The Labute approximate surface area is 138 Å². The van der Waals surface area contributed by atoms with Gasteiger partial charge in [-0.15, -0.1) is 0 Å². The van der Waals surface area contributed by atoms with E-state index in [9.17, 15) is 4.79 Å². The third-order valence-corrected chi connectivity index (χ3v) is 3.44. The Hall–Kier alpha value is -2.05. The molecule has 0 unspecified atom stereocenters. The lowest BCUT2D eigenvalue weighted by atomic mass is 10.2. The first-order valence-corrected chi connectivity index (χ1v) is 7.37. The van der Waals surface area contributed by atoms with E-state index in [1.807, 2.05) is 0 Å². The van der Waals surface area contributed by atoms with Crippen LogP contribution in [0.2, 0.25) is 10.0 Å². The summed E-state index contributed by atoms with van der Waals surface area (Å²) in [7, 11) is 0. The highest BCUT2D eigenvalue weighted by Gasteiger charge is 2.06. The van der Waals surface area contributed by atoms with E-state index in [4.69, 9.17) is 28.9 Å². The van der Waals surface area contributed by atoms with Crippen LogP contribution in [0, 0.1) is 0 Å². The van der Waals surface area contributed by atoms with Gasteiger partial charge in [0, 0.05) is 23.7 Å². The monoisotopic (exact) mass is 339 g/mol. The number of nitrogens with one attached hydrogen (secondary N) is 2. The Morgan fingerprint density at radius 1 is 1.18 bits per heavy atom. The van der Waals surface area contributed by atoms with Crippen LogP contribution < -0.4 is 16.4 Å². The van der Waals surface area contributed by atoms with Gasteiger partial charge in [-0.2, -0.15) is 0 Å². The number of carbonyl (C=O) groups is 1. The van der Waals surface area contributed by atoms with Crippen LogP contribution in [0.3, 0.4) is 0 Å². The van der Waals surface area contributed by atoms with Crippen molar-refractivity contribution in [2.75, 3.05) is 22.9 Å². The molecule has 8 heteroatoms. The Bertz CT molecular complexity index is 648. The van der Waals surface area contributed by atoms with Crippen molar-refractivity contribution in [2.45, 2.75) is 12.8 Å². The van der Waals surface area contributed by atoms with Gasteiger partial charge >= 0.3 is 0 Å². The summed E-state index contributed by atoms with van der Waals surface area (Å²) in [5.41, 5.74) is 6.29. The average Bonchev–Trinajstić information content (AvgIpc) is 2.50. The molecular weight excluding hydrogens is 325 g/mol. The lowest BCUT2D eigenvalue weighted by Crippen LogP contribution is -2.14. The van der Waals surface area contributed by atoms with Crippen molar-refractivity contribution < 1.29 is 4.79 Å². The first-order valence-electron chi connectivity index (χ1n) is 6.61. The third kappa shape index (κ3) is 4.75. The van der Waals surface area contributed by atoms with Gasteiger partial charge in [-0.3, -0.25) is 4.79 Å². The molecule has 0 aliphatic rings. The van der Waals surface area contributed by atoms with E-state index in [0.717, 1.165) is 0 Å². The smallest absolute Gasteiger partial charge is 0.224 e. The highest BCUT2D eigenvalue weighted by Crippen LogP contribution is 2.23. The molecule has 0 aliphatic heterocycles. The SMILES string of the molecule is Nc1ncnc(NCCCC(=O)Nc2ccc(Cl)cc2)c1Cl. The standard InChI is InChI=1S/C14H15Cl2N5O/c15-9-3-5-10(6-4-9)21-11(22)2-1-7-18-14-12(16)13(17)19-8-20-14/h3-6,8H,1-2,7H2,(H,21,22)(H3,17,18,19,20). The molecule has 0 aliphatic carbocycles. The minimum absolute atomic E-state index is 0.0718. The fraction of sp³-hybridized carbons (Fsp3) is 0.214. The van der Waals surface area contributed by atoms with E-state index in [1.54, 1.807) is 24.3 Å². The summed E-state index contributed by atoms with van der Waals surface area (Å²) in [6.07, 6.45) is 2.32. The number of hydrogen-bond donors (Lipinski definition) is 3. The second-order valence-electron chi connectivity index (χ2n) is 4.51. The van der Waals surface area contributed by atoms with Crippen molar-refractivity contribution in [1.82, 2.24) is 9.97 Å². The van der Waals surface area contributed by atoms with Crippen molar-refractivity contribution in [1.29, 1.82) is 0 Å². The average molecular weight is 340 g/mol. The molecule has 4 N–H and O–H groups in total. The molecular formula is C14H15Cl2N5O. The molecule has 0 atom stereocenters. The minimum atomic E-state index is -0.0718. The van der Waals surface area contributed by atoms with Crippen LogP contribution in [-0.2, 0) is 4.79 Å². The largest absolute Gasteiger partial charge is 0.382 e. The number of rotatable bonds is 6. The summed E-state index contributed by atoms with van der Waals surface area (Å²) in [5, 5.41) is 6.72. The summed E-state index contributed by atoms with van der Waals surface area (Å²) < 4.78 is 0. The maximum Gasteiger partial charge on any atom is 0.224 e. The van der Waals surface area contributed by atoms with Crippen LogP contribution in [0.25, 0.3) is 0 Å². The molecule has 116 valence electrons. The number of amides is 1. The van der Waals surface area contributed by atoms with Crippen LogP contribution >= 0.6 is 23.2 Å². The number of benzene rings is 1. The van der Waals surface area contributed by atoms with Gasteiger partial charge in [0.05, 0.1) is 0 Å². The van der Waals surface area contributed by atoms with Crippen LogP contribution in [0.5, 0.6) is 0 Å². The van der Waals surface area contributed by atoms with E-state index >= 15 is 0 Å². The maximum atomic E-state index is 11.8. The predicted octanol–water partition coefficient (Wildman–Crippen LogP) is 3.20. The molecule has 0 radical (unpaired) electrons. The van der Waals surface area contributed by atoms with Crippen LogP contribution in [-0.4, -0.2) is 22.4 Å². The number of nitrogen functional groups attached to an aromatic ring is 1. The Morgan fingerprint density at radius 2 is 1.91 bits per heavy atom. The van der Waals surface area contributed by atoms with Crippen molar-refractivity contribution in [3.05, 3.63) is 40.6 Å². The minimum Gasteiger partial charge on any atom is -0.382 e. The highest BCUT2D eigenvalue weighted by molar-refractivity contribution is 6.35. The summed E-state index contributed by atoms with van der Waals surface area (Å²) in [6, 6.07) is 6.95. The zero-order valence-electron chi connectivity index (χ0n) is 11.6. The fourth-order valence-electron chi connectivity index (χ4n) is 1.72. The second kappa shape index (κ2) is 7.82. The molecule has 2 rings (SSSR count). The van der Waals surface area contributed by atoms with Crippen LogP contribution in [0.15, 0.2) is 30.6 Å². The molecule has 0 saturated carbocycles. The fourth-order valence-corrected chi connectivity index (χ4v) is 2.01. The van der Waals surface area contributed by atoms with Crippen LogP contribution in [0.1, 0.15) is 12.8 Å². The number of halogens is 2. The first kappa shape index (κ1) is 16.3. The topological polar surface area (TPSA) is 92.9 Å². The van der Waals surface area contributed by atoms with Gasteiger partial charge in [0.25, 0.3) is 0 Å². The van der Waals surface area contributed by atoms with Gasteiger partial charge in [-0.05, 0) is 30.7 Å². The zero-order valence-corrected chi connectivity index (χ0v) is 13.2. The van der Waals surface area contributed by atoms with Gasteiger partial charge < -0.3 is 16.4 Å². The van der Waals surface area contributed by atoms with Gasteiger partial charge in [0.2, 0.25) is 5.91 Å². The van der Waals surface area contributed by atoms with E-state index in [2.05, 4.69) is 20.6 Å². The predicted molar refractivity (Wildman–Crippen MR) is 89.3 cm³/mol. The number of carbonyl (C=O) groups excluding carboxylic acids is 1. The molecule has 1 aromatic carbocycles. The second-order valence-corrected chi connectivity index (χ2v) is 5.32. The summed E-state index contributed by atoms with van der Waals surface area (Å²) in [4.78, 5) is 19.5. The molecule has 0 fully saturated rings. The van der Waals surface area contributed by atoms with E-state index in [-0.39, 0.29) is 16.7 Å². The van der Waals surface area contributed by atoms with E-state index < -0.39 is 0 Å². The van der Waals surface area contributed by atoms with Crippen molar-refractivity contribution in [3.8, 4) is 0 Å². The lowest BCUT2D eigenvalue weighted by molar-refractivity contribution is -0.116. The van der Waals surface area contributed by atoms with Crippen molar-refractivity contribution in [2.24, 2.45) is 0 Å². The Balaban J connectivity index is 1.73. The molecule has 1 aromatic heterocycles. The van der Waals surface area contributed by atoms with Crippen molar-refractivity contribution in [3.63, 3.8) is 0 Å². The first-order chi connectivity index (χ1) is 10.6. The van der Waals surface area contributed by atoms with Gasteiger partial charge in [-0.1, -0.05) is 23.2 Å². The maximum absolute atomic E-state index is 11.8. The summed E-state index contributed by atoms with van der Waals surface area (Å²) in [5.74, 6) is 0.615. The number of aromatic nitrogens is 2. The molecule has 22 heavy (non-hydrogen) atoms. The third-order valence-electron chi connectivity index (χ3n) is 2.82. The lowest BCUT2D eigenvalue weighted by Gasteiger charge is -2.08. The normalized spacial score (nSPS) is 10.3. The quantitative estimate of drug-likeness (QED) is 0.702. The molecule has 0 saturated heterocycles. The summed E-state index contributed by atoms with van der Waals surface area (Å²) >= 11 is 11.7. The van der Waals surface area contributed by atoms with Gasteiger partial charge in [-0.25, -0.2) is 9.97 Å². The highest BCUT2D eigenvalue weighted by atomic mass is 35.5. The number of nitrogens with two attached hydrogens (primary N) is 1. The van der Waals surface area contributed by atoms with E-state index in [1.165, 1.54) is 6.33 Å². The molecule has 6 nitrogen and oxygen atoms in total. The van der Waals surface area contributed by atoms with Crippen molar-refractivity contribution >= 4 is 46.4 Å². The van der Waals surface area contributed by atoms with Gasteiger partial charge in [0.15, 0.2) is 0 Å². The molecule has 1 amide bonds. The number of nitrogens with zero attached hydrogens (tertiary/aromatic N) is 2. The molecule has 0 bridgehead atoms. The molecule has 0 spiro atoms. The van der Waals surface area contributed by atoms with Gasteiger partial charge in [0.1, 0.15) is 23.0 Å². The molecule has 1 heterocycles. The number of anilines is 3. The Morgan fingerprint density at radius 3 is 2.64 bits per heavy atom. The van der Waals surface area contributed by atoms with Crippen LogP contribution in [0.4, 0.5) is 17.3 Å². The molecule has 2 aromatic rings. The Kier molecular flexibility index (Phi) is 5.80. The van der Waals surface area contributed by atoms with E-state index in [0.29, 0.717) is 35.9 Å². The zero-order chi connectivity index (χ0) is 15.9. The summed E-state index contributed by atoms with van der Waals surface area (Å²) in [6.45, 7) is 0.546.